The molecule has 6 atom stereocenters. The molecule has 0 aliphatic carbocycles. The summed E-state index contributed by atoms with van der Waals surface area (Å²) in [6.45, 7) is 3.40. The number of hydrogen-bond donors (Lipinski definition) is 0. The number of carbonyl (C=O) groups is 2. The van der Waals surface area contributed by atoms with Gasteiger partial charge >= 0.3 is 11.9 Å². The third-order valence-electron chi connectivity index (χ3n) is 10.8. The summed E-state index contributed by atoms with van der Waals surface area (Å²) >= 11 is 0. The van der Waals surface area contributed by atoms with Crippen LogP contribution in [0.1, 0.15) is 73.4 Å². The molecule has 0 bridgehead atoms. The Morgan fingerprint density at radius 2 is 0.879 bits per heavy atom. The zero-order valence-electron chi connectivity index (χ0n) is 33.5. The van der Waals surface area contributed by atoms with Gasteiger partial charge in [0, 0.05) is 61.5 Å². The summed E-state index contributed by atoms with van der Waals surface area (Å²) in [6.07, 6.45) is -3.42. The second-order valence-corrected chi connectivity index (χ2v) is 14.2. The first kappa shape index (κ1) is 39.7. The summed E-state index contributed by atoms with van der Waals surface area (Å²) in [7, 11) is 9.23. The van der Waals surface area contributed by atoms with E-state index >= 15 is 0 Å². The Morgan fingerprint density at radius 3 is 1.22 bits per heavy atom. The van der Waals surface area contributed by atoms with Crippen molar-refractivity contribution in [2.24, 2.45) is 0 Å². The van der Waals surface area contributed by atoms with Crippen LogP contribution in [0, 0.1) is 0 Å². The number of rotatable bonds is 15. The highest BCUT2D eigenvalue weighted by molar-refractivity contribution is 6.06. The maximum absolute atomic E-state index is 12.6. The van der Waals surface area contributed by atoms with Gasteiger partial charge in [0.05, 0.1) is 50.0 Å². The van der Waals surface area contributed by atoms with Crippen LogP contribution in [0.4, 0.5) is 0 Å². The quantitative estimate of drug-likeness (QED) is 0.0944. The lowest BCUT2D eigenvalue weighted by atomic mass is 9.85. The predicted molar refractivity (Wildman–Crippen MR) is 203 cm³/mol. The topological polar surface area (TPSA) is 163 Å². The number of ether oxygens (including phenoxy) is 14. The van der Waals surface area contributed by atoms with E-state index in [4.69, 9.17) is 66.3 Å². The lowest BCUT2D eigenvalue weighted by Crippen LogP contribution is -2.28. The molecule has 16 heteroatoms. The van der Waals surface area contributed by atoms with Crippen molar-refractivity contribution < 1.29 is 75.9 Å². The molecule has 310 valence electrons. The zero-order chi connectivity index (χ0) is 40.8. The van der Waals surface area contributed by atoms with E-state index in [-0.39, 0.29) is 52.0 Å². The minimum atomic E-state index is -0.755. The summed E-state index contributed by atoms with van der Waals surface area (Å²) in [5, 5.41) is 2.35. The van der Waals surface area contributed by atoms with Gasteiger partial charge in [-0.05, 0) is 49.2 Å². The molecule has 16 nitrogen and oxygen atoms in total. The highest BCUT2D eigenvalue weighted by Crippen LogP contribution is 2.59. The highest BCUT2D eigenvalue weighted by Gasteiger charge is 2.49. The first-order valence-corrected chi connectivity index (χ1v) is 18.8. The molecule has 4 aromatic carbocycles. The van der Waals surface area contributed by atoms with Gasteiger partial charge < -0.3 is 66.3 Å². The molecule has 0 amide bonds. The summed E-state index contributed by atoms with van der Waals surface area (Å²) in [4.78, 5) is 25.3. The summed E-state index contributed by atoms with van der Waals surface area (Å²) < 4.78 is 83.8. The molecule has 0 spiro atoms. The van der Waals surface area contributed by atoms with Crippen LogP contribution in [0.15, 0.2) is 24.3 Å². The number of fused-ring (bicyclic) bond motifs is 8. The third kappa shape index (κ3) is 6.57. The van der Waals surface area contributed by atoms with Crippen LogP contribution in [0.2, 0.25) is 0 Å². The van der Waals surface area contributed by atoms with Gasteiger partial charge in [-0.3, -0.25) is 9.59 Å². The van der Waals surface area contributed by atoms with E-state index in [1.165, 1.54) is 28.4 Å². The Morgan fingerprint density at radius 1 is 0.517 bits per heavy atom. The monoisotopic (exact) mass is 806 g/mol. The van der Waals surface area contributed by atoms with E-state index < -0.39 is 36.6 Å². The fraction of sp³-hybridized carbons (Fsp3) is 0.476. The summed E-state index contributed by atoms with van der Waals surface area (Å²) in [6, 6.07) is 7.66. The molecular weight excluding hydrogens is 760 g/mol. The Labute approximate surface area is 334 Å². The molecule has 0 radical (unpaired) electrons. The molecule has 0 aromatic heterocycles. The largest absolute Gasteiger partial charge is 0.496 e. The first-order chi connectivity index (χ1) is 28.2. The molecule has 0 N–H and O–H groups in total. The lowest BCUT2D eigenvalue weighted by molar-refractivity contribution is -0.144. The Bertz CT molecular complexity index is 2100. The van der Waals surface area contributed by atoms with Crippen molar-refractivity contribution in [1.82, 2.24) is 0 Å². The van der Waals surface area contributed by atoms with Crippen molar-refractivity contribution >= 4 is 33.5 Å². The number of benzene rings is 4. The van der Waals surface area contributed by atoms with Crippen LogP contribution in [-0.2, 0) is 47.5 Å². The van der Waals surface area contributed by atoms with Crippen molar-refractivity contribution in [3.05, 3.63) is 46.5 Å². The van der Waals surface area contributed by atoms with Gasteiger partial charge in [-0.2, -0.15) is 0 Å². The van der Waals surface area contributed by atoms with Crippen LogP contribution in [0.25, 0.3) is 32.7 Å². The Kier molecular flexibility index (Phi) is 11.1. The first-order valence-electron chi connectivity index (χ1n) is 18.8. The molecule has 4 heterocycles. The zero-order valence-corrected chi connectivity index (χ0v) is 33.5. The van der Waals surface area contributed by atoms with Gasteiger partial charge in [0.15, 0.2) is 39.4 Å². The van der Waals surface area contributed by atoms with Crippen molar-refractivity contribution in [2.45, 2.75) is 63.3 Å². The molecule has 4 aromatic rings. The molecule has 58 heavy (non-hydrogen) atoms. The van der Waals surface area contributed by atoms with Gasteiger partial charge in [0.2, 0.25) is 0 Å². The number of methoxy groups -OCH3 is 6. The fourth-order valence-electron chi connectivity index (χ4n) is 8.68. The fourth-order valence-corrected chi connectivity index (χ4v) is 8.68. The van der Waals surface area contributed by atoms with Gasteiger partial charge in [0.1, 0.15) is 46.7 Å². The molecule has 4 aliphatic heterocycles. The Balaban J connectivity index is 1.43. The van der Waals surface area contributed by atoms with Crippen LogP contribution in [-0.4, -0.2) is 94.0 Å². The van der Waals surface area contributed by atoms with E-state index in [0.29, 0.717) is 89.4 Å². The second-order valence-electron chi connectivity index (χ2n) is 14.2. The van der Waals surface area contributed by atoms with Crippen LogP contribution < -0.4 is 28.4 Å². The average Bonchev–Trinajstić information content (AvgIpc) is 3.79. The van der Waals surface area contributed by atoms with Gasteiger partial charge in [-0.15, -0.1) is 0 Å². The van der Waals surface area contributed by atoms with Crippen LogP contribution in [0.5, 0.6) is 34.5 Å². The SMILES string of the molecule is COCOc1c2c(c(OCOC)c3c(OC)cc(-c4cc(OC)c5c(OCOC)c6c(c(OCOC)c5c4)[C@H](C)O[C@H]4CC(=O)O[C@@H]64)cc13)[C@@H]1OC(=O)C[C@@H]1O[C@H]2C. The minimum Gasteiger partial charge on any atom is -0.496 e. The van der Waals surface area contributed by atoms with Crippen molar-refractivity contribution in [3.63, 3.8) is 0 Å². The molecular formula is C42H46O16. The summed E-state index contributed by atoms with van der Waals surface area (Å²) in [5.41, 5.74) is 3.91. The molecule has 0 unspecified atom stereocenters. The van der Waals surface area contributed by atoms with Crippen molar-refractivity contribution in [1.29, 1.82) is 0 Å². The molecule has 0 saturated carbocycles. The lowest BCUT2D eigenvalue weighted by Gasteiger charge is -2.35. The second kappa shape index (κ2) is 16.3. The molecule has 2 saturated heterocycles. The highest BCUT2D eigenvalue weighted by atomic mass is 16.7. The van der Waals surface area contributed by atoms with Gasteiger partial charge in [0.25, 0.3) is 0 Å². The molecule has 8 rings (SSSR count). The minimum absolute atomic E-state index is 0.0935. The van der Waals surface area contributed by atoms with E-state index in [0.717, 1.165) is 0 Å². The summed E-state index contributed by atoms with van der Waals surface area (Å²) in [5.74, 6) is 1.83. The number of esters is 2. The normalized spacial score (nSPS) is 23.1. The maximum Gasteiger partial charge on any atom is 0.309 e. The number of carbonyl (C=O) groups excluding carboxylic acids is 2. The van der Waals surface area contributed by atoms with E-state index in [1.54, 1.807) is 14.2 Å². The van der Waals surface area contributed by atoms with Crippen molar-refractivity contribution in [2.75, 3.05) is 69.8 Å². The van der Waals surface area contributed by atoms with Gasteiger partial charge in [-0.1, -0.05) is 0 Å². The van der Waals surface area contributed by atoms with Crippen molar-refractivity contribution in [3.8, 4) is 45.6 Å². The third-order valence-corrected chi connectivity index (χ3v) is 10.8. The van der Waals surface area contributed by atoms with Crippen LogP contribution >= 0.6 is 0 Å². The average molecular weight is 807 g/mol. The smallest absolute Gasteiger partial charge is 0.309 e. The molecule has 2 fully saturated rings. The van der Waals surface area contributed by atoms with Gasteiger partial charge in [-0.25, -0.2) is 0 Å². The standard InChI is InChI=1S/C42H46O16/c1-19-31-35(39-27(55-19)13-29(43)57-39)41(53-17-47-5)33-23(37(31)51-15-45-3)9-21(11-25(33)49-7)22-10-24-34(26(12-22)50-8)42(54-18-48-6)36-32(38(24)52-16-46-4)20(2)56-28-14-30(44)58-40(28)36/h9-12,19-20,27-28,39-40H,13-18H2,1-8H3/t19-,20-,27-,28-,39+,40+/m0/s1. The van der Waals surface area contributed by atoms with E-state index in [1.807, 2.05) is 38.1 Å². The Hall–Kier alpha value is -5.10. The predicted octanol–water partition coefficient (Wildman–Crippen LogP) is 6.50. The van der Waals surface area contributed by atoms with Crippen LogP contribution in [0.3, 0.4) is 0 Å². The van der Waals surface area contributed by atoms with E-state index in [9.17, 15) is 9.59 Å². The van der Waals surface area contributed by atoms with E-state index in [2.05, 4.69) is 0 Å². The number of hydrogen-bond acceptors (Lipinski definition) is 16. The maximum atomic E-state index is 12.6. The molecule has 4 aliphatic rings.